The summed E-state index contributed by atoms with van der Waals surface area (Å²) in [5.41, 5.74) is 1.37. The van der Waals surface area contributed by atoms with Crippen LogP contribution < -0.4 is 0 Å². The summed E-state index contributed by atoms with van der Waals surface area (Å²) >= 11 is 0. The lowest BCUT2D eigenvalue weighted by Gasteiger charge is -2.14. The number of aryl methyl sites for hydroxylation is 1. The lowest BCUT2D eigenvalue weighted by molar-refractivity contribution is 0.563. The van der Waals surface area contributed by atoms with Crippen LogP contribution in [0, 0.1) is 0 Å². The summed E-state index contributed by atoms with van der Waals surface area (Å²) in [4.78, 5) is 4.45. The maximum Gasteiger partial charge on any atom is 0.0949 e. The van der Waals surface area contributed by atoms with Gasteiger partial charge in [0.15, 0.2) is 0 Å². The van der Waals surface area contributed by atoms with Crippen molar-refractivity contribution in [3.63, 3.8) is 0 Å². The number of hydrogen-bond acceptors (Lipinski definition) is 1. The molecule has 1 aromatic heterocycles. The van der Waals surface area contributed by atoms with Crippen LogP contribution in [0.4, 0.5) is 0 Å². The highest BCUT2D eigenvalue weighted by atomic mass is 15.0. The maximum absolute atomic E-state index is 4.45. The average Bonchev–Trinajstić information content (AvgIpc) is 2.60. The topological polar surface area (TPSA) is 17.8 Å². The Balaban J connectivity index is 2.40. The van der Waals surface area contributed by atoms with E-state index < -0.39 is 0 Å². The van der Waals surface area contributed by atoms with Crippen LogP contribution in [0.1, 0.15) is 59.1 Å². The minimum Gasteiger partial charge on any atom is -0.337 e. The molecule has 1 rings (SSSR count). The first-order valence-corrected chi connectivity index (χ1v) is 6.06. The summed E-state index contributed by atoms with van der Waals surface area (Å²) in [6, 6.07) is 0. The van der Waals surface area contributed by atoms with Crippen molar-refractivity contribution in [2.45, 2.75) is 65.3 Å². The molecular formula is C13H24N2. The minimum atomic E-state index is 0.175. The van der Waals surface area contributed by atoms with Gasteiger partial charge in [-0.1, -0.05) is 47.0 Å². The molecule has 2 nitrogen and oxygen atoms in total. The Hall–Kier alpha value is -0.790. The SMILES string of the molecule is CCCCCCn1cnc(C(C)(C)C)c1. The fourth-order valence-corrected chi connectivity index (χ4v) is 1.59. The van der Waals surface area contributed by atoms with Gasteiger partial charge in [0.05, 0.1) is 12.0 Å². The fraction of sp³-hybridized carbons (Fsp3) is 0.769. The van der Waals surface area contributed by atoms with E-state index in [1.807, 2.05) is 6.33 Å². The van der Waals surface area contributed by atoms with Gasteiger partial charge in [-0.25, -0.2) is 4.98 Å². The van der Waals surface area contributed by atoms with Crippen molar-refractivity contribution in [3.8, 4) is 0 Å². The van der Waals surface area contributed by atoms with Gasteiger partial charge < -0.3 is 4.57 Å². The predicted octanol–water partition coefficient (Wildman–Crippen LogP) is 3.76. The summed E-state index contributed by atoms with van der Waals surface area (Å²) < 4.78 is 2.22. The molecule has 0 fully saturated rings. The van der Waals surface area contributed by atoms with Gasteiger partial charge in [0.2, 0.25) is 0 Å². The Kier molecular flexibility index (Phi) is 4.37. The molecular weight excluding hydrogens is 184 g/mol. The predicted molar refractivity (Wildman–Crippen MR) is 65.1 cm³/mol. The largest absolute Gasteiger partial charge is 0.337 e. The Bertz CT molecular complexity index is 281. The van der Waals surface area contributed by atoms with Crippen molar-refractivity contribution >= 4 is 0 Å². The van der Waals surface area contributed by atoms with Crippen molar-refractivity contribution in [2.24, 2.45) is 0 Å². The fourth-order valence-electron chi connectivity index (χ4n) is 1.59. The third kappa shape index (κ3) is 4.06. The molecule has 0 aromatic carbocycles. The Morgan fingerprint density at radius 1 is 1.20 bits per heavy atom. The van der Waals surface area contributed by atoms with Crippen molar-refractivity contribution in [2.75, 3.05) is 0 Å². The van der Waals surface area contributed by atoms with Gasteiger partial charge in [0, 0.05) is 18.2 Å². The van der Waals surface area contributed by atoms with Gasteiger partial charge in [-0.3, -0.25) is 0 Å². The molecule has 0 aliphatic rings. The van der Waals surface area contributed by atoms with E-state index in [9.17, 15) is 0 Å². The molecule has 0 radical (unpaired) electrons. The average molecular weight is 208 g/mol. The number of unbranched alkanes of at least 4 members (excludes halogenated alkanes) is 3. The summed E-state index contributed by atoms with van der Waals surface area (Å²) in [5.74, 6) is 0. The number of aromatic nitrogens is 2. The molecule has 0 atom stereocenters. The van der Waals surface area contributed by atoms with E-state index in [-0.39, 0.29) is 5.41 Å². The Morgan fingerprint density at radius 3 is 2.47 bits per heavy atom. The zero-order valence-electron chi connectivity index (χ0n) is 10.6. The first-order valence-electron chi connectivity index (χ1n) is 6.06. The van der Waals surface area contributed by atoms with Crippen molar-refractivity contribution in [1.29, 1.82) is 0 Å². The van der Waals surface area contributed by atoms with E-state index in [1.165, 1.54) is 31.4 Å². The molecule has 0 N–H and O–H groups in total. The molecule has 0 saturated carbocycles. The Morgan fingerprint density at radius 2 is 1.93 bits per heavy atom. The van der Waals surface area contributed by atoms with Crippen LogP contribution in [0.5, 0.6) is 0 Å². The van der Waals surface area contributed by atoms with Crippen LogP contribution in [-0.2, 0) is 12.0 Å². The monoisotopic (exact) mass is 208 g/mol. The second-order valence-corrected chi connectivity index (χ2v) is 5.31. The molecule has 0 amide bonds. The molecule has 0 spiro atoms. The molecule has 0 saturated heterocycles. The number of rotatable bonds is 5. The van der Waals surface area contributed by atoms with E-state index >= 15 is 0 Å². The molecule has 15 heavy (non-hydrogen) atoms. The second-order valence-electron chi connectivity index (χ2n) is 5.31. The number of nitrogens with zero attached hydrogens (tertiary/aromatic N) is 2. The lowest BCUT2D eigenvalue weighted by Crippen LogP contribution is -2.11. The Labute approximate surface area is 93.7 Å². The highest BCUT2D eigenvalue weighted by Gasteiger charge is 2.16. The van der Waals surface area contributed by atoms with E-state index in [4.69, 9.17) is 0 Å². The zero-order chi connectivity index (χ0) is 11.3. The summed E-state index contributed by atoms with van der Waals surface area (Å²) in [7, 11) is 0. The van der Waals surface area contributed by atoms with Gasteiger partial charge in [0.25, 0.3) is 0 Å². The smallest absolute Gasteiger partial charge is 0.0949 e. The molecule has 1 heterocycles. The molecule has 0 bridgehead atoms. The van der Waals surface area contributed by atoms with Crippen LogP contribution in [0.25, 0.3) is 0 Å². The van der Waals surface area contributed by atoms with E-state index in [2.05, 4.69) is 43.4 Å². The van der Waals surface area contributed by atoms with Gasteiger partial charge >= 0.3 is 0 Å². The highest BCUT2D eigenvalue weighted by molar-refractivity contribution is 5.08. The molecule has 1 aromatic rings. The van der Waals surface area contributed by atoms with Crippen LogP contribution in [0.2, 0.25) is 0 Å². The van der Waals surface area contributed by atoms with E-state index in [0.717, 1.165) is 6.54 Å². The van der Waals surface area contributed by atoms with E-state index in [0.29, 0.717) is 0 Å². The van der Waals surface area contributed by atoms with Crippen LogP contribution in [0.3, 0.4) is 0 Å². The second kappa shape index (κ2) is 5.34. The summed E-state index contributed by atoms with van der Waals surface area (Å²) in [5, 5.41) is 0. The number of hydrogen-bond donors (Lipinski definition) is 0. The highest BCUT2D eigenvalue weighted by Crippen LogP contribution is 2.19. The summed E-state index contributed by atoms with van der Waals surface area (Å²) in [6.07, 6.45) is 9.41. The number of imidazole rings is 1. The van der Waals surface area contributed by atoms with Gasteiger partial charge in [0.1, 0.15) is 0 Å². The molecule has 0 aliphatic carbocycles. The lowest BCUT2D eigenvalue weighted by atomic mass is 9.93. The van der Waals surface area contributed by atoms with Crippen molar-refractivity contribution in [3.05, 3.63) is 18.2 Å². The third-order valence-corrected chi connectivity index (χ3v) is 2.67. The molecule has 86 valence electrons. The van der Waals surface area contributed by atoms with Gasteiger partial charge in [-0.2, -0.15) is 0 Å². The first kappa shape index (κ1) is 12.3. The van der Waals surface area contributed by atoms with Crippen LogP contribution in [-0.4, -0.2) is 9.55 Å². The van der Waals surface area contributed by atoms with Crippen molar-refractivity contribution in [1.82, 2.24) is 9.55 Å². The van der Waals surface area contributed by atoms with Crippen LogP contribution in [0.15, 0.2) is 12.5 Å². The van der Waals surface area contributed by atoms with Crippen molar-refractivity contribution < 1.29 is 0 Å². The van der Waals surface area contributed by atoms with E-state index in [1.54, 1.807) is 0 Å². The normalized spacial score (nSPS) is 12.0. The molecule has 0 unspecified atom stereocenters. The first-order chi connectivity index (χ1) is 7.04. The zero-order valence-corrected chi connectivity index (χ0v) is 10.6. The quantitative estimate of drug-likeness (QED) is 0.674. The van der Waals surface area contributed by atoms with Gasteiger partial charge in [-0.15, -0.1) is 0 Å². The maximum atomic E-state index is 4.45. The standard InChI is InChI=1S/C13H24N2/c1-5-6-7-8-9-15-10-12(14-11-15)13(2,3)4/h10-11H,5-9H2,1-4H3. The third-order valence-electron chi connectivity index (χ3n) is 2.67. The van der Waals surface area contributed by atoms with Crippen LogP contribution >= 0.6 is 0 Å². The summed E-state index contributed by atoms with van der Waals surface area (Å²) in [6.45, 7) is 9.97. The molecule has 2 heteroatoms. The molecule has 0 aliphatic heterocycles. The minimum absolute atomic E-state index is 0.175. The van der Waals surface area contributed by atoms with Gasteiger partial charge in [-0.05, 0) is 6.42 Å².